The summed E-state index contributed by atoms with van der Waals surface area (Å²) in [6.07, 6.45) is 1.18. The van der Waals surface area contributed by atoms with Crippen molar-refractivity contribution in [1.29, 1.82) is 0 Å². The van der Waals surface area contributed by atoms with Crippen molar-refractivity contribution in [2.24, 2.45) is 0 Å². The molecule has 0 radical (unpaired) electrons. The third-order valence-electron chi connectivity index (χ3n) is 3.88. The van der Waals surface area contributed by atoms with Gasteiger partial charge in [0, 0.05) is 31.6 Å². The Hall–Kier alpha value is -1.85. The van der Waals surface area contributed by atoms with E-state index in [1.165, 1.54) is 21.9 Å². The molecule has 0 N–H and O–H groups in total. The fourth-order valence-electron chi connectivity index (χ4n) is 2.52. The van der Waals surface area contributed by atoms with E-state index in [9.17, 15) is 13.2 Å². The second kappa shape index (κ2) is 6.22. The van der Waals surface area contributed by atoms with Gasteiger partial charge in [-0.05, 0) is 13.8 Å². The molecule has 11 heteroatoms. The van der Waals surface area contributed by atoms with Crippen molar-refractivity contribution in [3.05, 3.63) is 22.5 Å². The zero-order valence-corrected chi connectivity index (χ0v) is 15.3. The lowest BCUT2D eigenvalue weighted by atomic mass is 10.2. The normalized spacial score (nSPS) is 16.5. The van der Waals surface area contributed by atoms with Crippen molar-refractivity contribution >= 4 is 27.3 Å². The number of nitrogens with zero attached hydrogens (tertiary/aromatic N) is 6. The number of hydrogen-bond donors (Lipinski definition) is 0. The molecule has 24 heavy (non-hydrogen) atoms. The first kappa shape index (κ1) is 17.0. The van der Waals surface area contributed by atoms with Crippen molar-refractivity contribution in [1.82, 2.24) is 29.2 Å². The van der Waals surface area contributed by atoms with Gasteiger partial charge in [0.25, 0.3) is 5.91 Å². The molecule has 9 nitrogen and oxygen atoms in total. The van der Waals surface area contributed by atoms with Crippen LogP contribution in [0.2, 0.25) is 0 Å². The highest BCUT2D eigenvalue weighted by Gasteiger charge is 2.29. The van der Waals surface area contributed by atoms with Crippen LogP contribution in [0.3, 0.4) is 0 Å². The van der Waals surface area contributed by atoms with E-state index in [1.54, 1.807) is 16.5 Å². The molecule has 2 aromatic rings. The fourth-order valence-corrected chi connectivity index (χ4v) is 4.15. The topological polar surface area (TPSA) is 101 Å². The van der Waals surface area contributed by atoms with Crippen molar-refractivity contribution < 1.29 is 13.2 Å². The van der Waals surface area contributed by atoms with Gasteiger partial charge < -0.3 is 4.90 Å². The minimum Gasteiger partial charge on any atom is -0.335 e. The van der Waals surface area contributed by atoms with E-state index in [2.05, 4.69) is 15.3 Å². The zero-order valence-electron chi connectivity index (χ0n) is 13.6. The van der Waals surface area contributed by atoms with E-state index in [-0.39, 0.29) is 11.6 Å². The first-order chi connectivity index (χ1) is 11.3. The van der Waals surface area contributed by atoms with E-state index in [0.717, 1.165) is 5.69 Å². The summed E-state index contributed by atoms with van der Waals surface area (Å²) >= 11 is 1.43. The molecule has 1 saturated heterocycles. The molecule has 0 spiro atoms. The molecular formula is C13H18N6O3S2. The number of aromatic nitrogens is 4. The van der Waals surface area contributed by atoms with Crippen molar-refractivity contribution in [2.75, 3.05) is 32.4 Å². The minimum atomic E-state index is -3.22. The standard InChI is InChI=1S/C13H18N6O3S2/c1-9-8-23-13(14-9)19-10(2)11(15-16-19)12(20)17-4-6-18(7-5-17)24(3,21)22/h8H,4-7H2,1-3H3. The molecule has 3 heterocycles. The van der Waals surface area contributed by atoms with Gasteiger partial charge in [-0.1, -0.05) is 5.21 Å². The Morgan fingerprint density at radius 1 is 1.21 bits per heavy atom. The number of aryl methyl sites for hydroxylation is 1. The maximum absolute atomic E-state index is 12.7. The van der Waals surface area contributed by atoms with Gasteiger partial charge in [0.1, 0.15) is 0 Å². The summed E-state index contributed by atoms with van der Waals surface area (Å²) in [7, 11) is -3.22. The maximum atomic E-state index is 12.7. The minimum absolute atomic E-state index is 0.236. The second-order valence-corrected chi connectivity index (χ2v) is 8.48. The Bertz CT molecular complexity index is 864. The molecule has 0 saturated carbocycles. The largest absolute Gasteiger partial charge is 0.335 e. The molecule has 1 aliphatic heterocycles. The molecule has 0 unspecified atom stereocenters. The summed E-state index contributed by atoms with van der Waals surface area (Å²) in [4.78, 5) is 18.6. The Kier molecular flexibility index (Phi) is 4.40. The summed E-state index contributed by atoms with van der Waals surface area (Å²) in [5.41, 5.74) is 1.78. The zero-order chi connectivity index (χ0) is 17.5. The first-order valence-corrected chi connectivity index (χ1v) is 10.1. The average molecular weight is 370 g/mol. The molecule has 130 valence electrons. The number of carbonyl (C=O) groups is 1. The Morgan fingerprint density at radius 2 is 1.88 bits per heavy atom. The molecule has 1 fully saturated rings. The number of piperazine rings is 1. The number of amides is 1. The van der Waals surface area contributed by atoms with E-state index >= 15 is 0 Å². The van der Waals surface area contributed by atoms with Crippen LogP contribution in [0.1, 0.15) is 21.9 Å². The van der Waals surface area contributed by atoms with Gasteiger partial charge in [-0.2, -0.15) is 8.99 Å². The molecular weight excluding hydrogens is 352 g/mol. The van der Waals surface area contributed by atoms with Crippen LogP contribution < -0.4 is 0 Å². The summed E-state index contributed by atoms with van der Waals surface area (Å²) in [6.45, 7) is 4.94. The van der Waals surface area contributed by atoms with Crippen LogP contribution in [-0.4, -0.2) is 75.9 Å². The van der Waals surface area contributed by atoms with Gasteiger partial charge in [-0.15, -0.1) is 16.4 Å². The number of hydrogen-bond acceptors (Lipinski definition) is 7. The second-order valence-electron chi connectivity index (χ2n) is 5.66. The van der Waals surface area contributed by atoms with E-state index in [4.69, 9.17) is 0 Å². The van der Waals surface area contributed by atoms with Crippen molar-refractivity contribution in [3.63, 3.8) is 0 Å². The third kappa shape index (κ3) is 3.19. The van der Waals surface area contributed by atoms with Crippen molar-refractivity contribution in [3.8, 4) is 5.13 Å². The smallest absolute Gasteiger partial charge is 0.276 e. The number of thiazole rings is 1. The average Bonchev–Trinajstić information content (AvgIpc) is 3.11. The summed E-state index contributed by atoms with van der Waals surface area (Å²) < 4.78 is 26.0. The SMILES string of the molecule is Cc1csc(-n2nnc(C(=O)N3CCN(S(C)(=O)=O)CC3)c2C)n1. The Labute approximate surface area is 143 Å². The van der Waals surface area contributed by atoms with Crippen LogP contribution in [0.5, 0.6) is 0 Å². The molecule has 0 aromatic carbocycles. The number of sulfonamides is 1. The van der Waals surface area contributed by atoms with Crippen LogP contribution in [0.15, 0.2) is 5.38 Å². The van der Waals surface area contributed by atoms with Crippen LogP contribution >= 0.6 is 11.3 Å². The molecule has 1 aliphatic rings. The third-order valence-corrected chi connectivity index (χ3v) is 6.12. The highest BCUT2D eigenvalue weighted by molar-refractivity contribution is 7.88. The highest BCUT2D eigenvalue weighted by atomic mass is 32.2. The molecule has 2 aromatic heterocycles. The monoisotopic (exact) mass is 370 g/mol. The van der Waals surface area contributed by atoms with Crippen LogP contribution in [0, 0.1) is 13.8 Å². The lowest BCUT2D eigenvalue weighted by Gasteiger charge is -2.32. The fraction of sp³-hybridized carbons (Fsp3) is 0.538. The summed E-state index contributed by atoms with van der Waals surface area (Å²) in [5, 5.41) is 10.6. The van der Waals surface area contributed by atoms with Gasteiger partial charge in [-0.3, -0.25) is 4.79 Å². The van der Waals surface area contributed by atoms with Crippen LogP contribution in [0.4, 0.5) is 0 Å². The molecule has 0 atom stereocenters. The predicted octanol–water partition coefficient (Wildman–Crippen LogP) is 0.0580. The molecule has 0 bridgehead atoms. The van der Waals surface area contributed by atoms with Gasteiger partial charge in [0.05, 0.1) is 17.6 Å². The quantitative estimate of drug-likeness (QED) is 0.757. The van der Waals surface area contributed by atoms with Gasteiger partial charge in [-0.25, -0.2) is 13.4 Å². The van der Waals surface area contributed by atoms with Crippen LogP contribution in [-0.2, 0) is 10.0 Å². The van der Waals surface area contributed by atoms with Gasteiger partial charge in [0.2, 0.25) is 15.2 Å². The summed E-state index contributed by atoms with van der Waals surface area (Å²) in [6, 6.07) is 0. The first-order valence-electron chi connectivity index (χ1n) is 7.36. The van der Waals surface area contributed by atoms with Crippen LogP contribution in [0.25, 0.3) is 5.13 Å². The molecule has 1 amide bonds. The Morgan fingerprint density at radius 3 is 2.42 bits per heavy atom. The molecule has 0 aliphatic carbocycles. The highest BCUT2D eigenvalue weighted by Crippen LogP contribution is 2.18. The molecule has 3 rings (SSSR count). The summed E-state index contributed by atoms with van der Waals surface area (Å²) in [5.74, 6) is -0.236. The Balaban J connectivity index is 1.76. The van der Waals surface area contributed by atoms with Crippen molar-refractivity contribution in [2.45, 2.75) is 13.8 Å². The lowest BCUT2D eigenvalue weighted by molar-refractivity contribution is 0.0691. The van der Waals surface area contributed by atoms with E-state index in [1.807, 2.05) is 12.3 Å². The number of carbonyl (C=O) groups excluding carboxylic acids is 1. The maximum Gasteiger partial charge on any atom is 0.276 e. The number of rotatable bonds is 3. The van der Waals surface area contributed by atoms with Gasteiger partial charge in [0.15, 0.2) is 5.69 Å². The predicted molar refractivity (Wildman–Crippen MR) is 88.8 cm³/mol. The van der Waals surface area contributed by atoms with Gasteiger partial charge >= 0.3 is 0 Å². The van der Waals surface area contributed by atoms with E-state index in [0.29, 0.717) is 37.0 Å². The van der Waals surface area contributed by atoms with E-state index < -0.39 is 10.0 Å². The lowest BCUT2D eigenvalue weighted by Crippen LogP contribution is -2.50.